The second kappa shape index (κ2) is 8.17. The molecule has 0 bridgehead atoms. The summed E-state index contributed by atoms with van der Waals surface area (Å²) in [5.41, 5.74) is -0.347. The Labute approximate surface area is 163 Å². The van der Waals surface area contributed by atoms with Crippen molar-refractivity contribution >= 4 is 11.6 Å². The van der Waals surface area contributed by atoms with Crippen LogP contribution in [0.5, 0.6) is 5.75 Å². The van der Waals surface area contributed by atoms with Gasteiger partial charge in [-0.3, -0.25) is 14.2 Å². The van der Waals surface area contributed by atoms with Crippen molar-refractivity contribution in [3.8, 4) is 17.0 Å². The van der Waals surface area contributed by atoms with E-state index >= 15 is 0 Å². The quantitative estimate of drug-likeness (QED) is 0.707. The van der Waals surface area contributed by atoms with E-state index in [-0.39, 0.29) is 11.4 Å². The van der Waals surface area contributed by atoms with Crippen molar-refractivity contribution in [1.82, 2.24) is 9.55 Å². The molecule has 0 saturated carbocycles. The summed E-state index contributed by atoms with van der Waals surface area (Å²) in [5.74, 6) is -0.629. The summed E-state index contributed by atoms with van der Waals surface area (Å²) in [4.78, 5) is 28.7. The Hall–Kier alpha value is -3.62. The lowest BCUT2D eigenvalue weighted by atomic mass is 10.1. The summed E-state index contributed by atoms with van der Waals surface area (Å²) in [6.45, 7) is -0.416. The monoisotopic (exact) mass is 403 g/mol. The van der Waals surface area contributed by atoms with Gasteiger partial charge in [-0.1, -0.05) is 30.3 Å². The van der Waals surface area contributed by atoms with E-state index in [1.54, 1.807) is 24.3 Å². The van der Waals surface area contributed by atoms with Crippen LogP contribution in [0.2, 0.25) is 0 Å². The van der Waals surface area contributed by atoms with Gasteiger partial charge in [0.2, 0.25) is 5.91 Å². The molecule has 29 heavy (non-hydrogen) atoms. The zero-order chi connectivity index (χ0) is 21.0. The van der Waals surface area contributed by atoms with Crippen LogP contribution in [-0.4, -0.2) is 22.6 Å². The Morgan fingerprint density at radius 2 is 1.86 bits per heavy atom. The number of halogens is 3. The third-order valence-electron chi connectivity index (χ3n) is 4.06. The Morgan fingerprint density at radius 1 is 1.14 bits per heavy atom. The van der Waals surface area contributed by atoms with Crippen LogP contribution in [0.1, 0.15) is 5.56 Å². The predicted molar refractivity (Wildman–Crippen MR) is 101 cm³/mol. The van der Waals surface area contributed by atoms with Gasteiger partial charge < -0.3 is 10.1 Å². The van der Waals surface area contributed by atoms with E-state index in [1.807, 2.05) is 6.07 Å². The summed E-state index contributed by atoms with van der Waals surface area (Å²) >= 11 is 0. The van der Waals surface area contributed by atoms with E-state index in [9.17, 15) is 22.8 Å². The van der Waals surface area contributed by atoms with Crippen LogP contribution in [0.25, 0.3) is 11.3 Å². The molecule has 0 fully saturated rings. The fourth-order valence-electron chi connectivity index (χ4n) is 2.64. The van der Waals surface area contributed by atoms with Crippen molar-refractivity contribution in [2.24, 2.45) is 0 Å². The van der Waals surface area contributed by atoms with E-state index < -0.39 is 29.8 Å². The molecule has 0 aliphatic carbocycles. The normalized spacial score (nSPS) is 11.2. The number of nitrogens with one attached hydrogen (secondary N) is 1. The molecule has 0 spiro atoms. The standard InChI is InChI=1S/C20H16F3N3O3/c1-29-17-8-7-14(20(21,22)23)9-16(17)25-18(27)11-26-12-24-15(10-19(26)28)13-5-3-2-4-6-13/h2-10,12H,11H2,1H3,(H,25,27). The van der Waals surface area contributed by atoms with Crippen LogP contribution < -0.4 is 15.6 Å². The van der Waals surface area contributed by atoms with Crippen LogP contribution in [0.4, 0.5) is 18.9 Å². The predicted octanol–water partition coefficient (Wildman–Crippen LogP) is 3.58. The molecule has 0 saturated heterocycles. The molecule has 150 valence electrons. The number of methoxy groups -OCH3 is 1. The number of alkyl halides is 3. The SMILES string of the molecule is COc1ccc(C(F)(F)F)cc1NC(=O)Cn1cnc(-c2ccccc2)cc1=O. The number of benzene rings is 2. The third kappa shape index (κ3) is 4.81. The van der Waals surface area contributed by atoms with E-state index in [0.717, 1.165) is 28.3 Å². The Morgan fingerprint density at radius 3 is 2.48 bits per heavy atom. The second-order valence-corrected chi connectivity index (χ2v) is 6.07. The number of rotatable bonds is 5. The highest BCUT2D eigenvalue weighted by Crippen LogP contribution is 2.34. The topological polar surface area (TPSA) is 73.2 Å². The van der Waals surface area contributed by atoms with Gasteiger partial charge in [0.25, 0.3) is 5.56 Å². The van der Waals surface area contributed by atoms with Gasteiger partial charge >= 0.3 is 6.18 Å². The van der Waals surface area contributed by atoms with Crippen molar-refractivity contribution in [2.45, 2.75) is 12.7 Å². The lowest BCUT2D eigenvalue weighted by molar-refractivity contribution is -0.137. The highest BCUT2D eigenvalue weighted by Gasteiger charge is 2.31. The molecule has 1 aromatic heterocycles. The minimum Gasteiger partial charge on any atom is -0.495 e. The molecule has 0 radical (unpaired) electrons. The van der Waals surface area contributed by atoms with Crippen molar-refractivity contribution < 1.29 is 22.7 Å². The number of anilines is 1. The van der Waals surface area contributed by atoms with Gasteiger partial charge in [-0.15, -0.1) is 0 Å². The van der Waals surface area contributed by atoms with Gasteiger partial charge in [-0.2, -0.15) is 13.2 Å². The first-order chi connectivity index (χ1) is 13.8. The van der Waals surface area contributed by atoms with Gasteiger partial charge in [0.1, 0.15) is 12.3 Å². The average Bonchev–Trinajstić information content (AvgIpc) is 2.69. The molecule has 0 unspecified atom stereocenters. The lowest BCUT2D eigenvalue weighted by Gasteiger charge is -2.14. The summed E-state index contributed by atoms with van der Waals surface area (Å²) in [5, 5.41) is 2.34. The van der Waals surface area contributed by atoms with Crippen LogP contribution in [-0.2, 0) is 17.5 Å². The zero-order valence-corrected chi connectivity index (χ0v) is 15.2. The third-order valence-corrected chi connectivity index (χ3v) is 4.06. The minimum atomic E-state index is -4.57. The second-order valence-electron chi connectivity index (χ2n) is 6.07. The van der Waals surface area contributed by atoms with Crippen LogP contribution in [0.3, 0.4) is 0 Å². The highest BCUT2D eigenvalue weighted by atomic mass is 19.4. The maximum atomic E-state index is 12.9. The number of hydrogen-bond donors (Lipinski definition) is 1. The molecule has 0 aliphatic rings. The van der Waals surface area contributed by atoms with Crippen molar-refractivity contribution in [1.29, 1.82) is 0 Å². The van der Waals surface area contributed by atoms with E-state index in [0.29, 0.717) is 5.69 Å². The first-order valence-electron chi connectivity index (χ1n) is 8.45. The molecule has 9 heteroatoms. The molecule has 0 atom stereocenters. The van der Waals surface area contributed by atoms with Gasteiger partial charge in [0.15, 0.2) is 0 Å². The zero-order valence-electron chi connectivity index (χ0n) is 15.2. The van der Waals surface area contributed by atoms with Crippen LogP contribution in [0, 0.1) is 0 Å². The van der Waals surface area contributed by atoms with Crippen molar-refractivity contribution in [3.63, 3.8) is 0 Å². The number of ether oxygens (including phenoxy) is 1. The molecule has 3 rings (SSSR count). The summed E-state index contributed by atoms with van der Waals surface area (Å²) < 4.78 is 44.8. The van der Waals surface area contributed by atoms with Gasteiger partial charge in [0.05, 0.1) is 30.4 Å². The highest BCUT2D eigenvalue weighted by molar-refractivity contribution is 5.92. The number of carbonyl (C=O) groups excluding carboxylic acids is 1. The van der Waals surface area contributed by atoms with E-state index in [4.69, 9.17) is 4.74 Å². The fraction of sp³-hybridized carbons (Fsp3) is 0.150. The number of amides is 1. The number of nitrogens with zero attached hydrogens (tertiary/aromatic N) is 2. The number of hydrogen-bond acceptors (Lipinski definition) is 4. The summed E-state index contributed by atoms with van der Waals surface area (Å²) in [6.07, 6.45) is -3.35. The fourth-order valence-corrected chi connectivity index (χ4v) is 2.64. The molecule has 1 amide bonds. The lowest BCUT2D eigenvalue weighted by Crippen LogP contribution is -2.27. The van der Waals surface area contributed by atoms with Crippen LogP contribution in [0.15, 0.2) is 65.7 Å². The van der Waals surface area contributed by atoms with Gasteiger partial charge in [0, 0.05) is 11.6 Å². The maximum absolute atomic E-state index is 12.9. The number of aromatic nitrogens is 2. The van der Waals surface area contributed by atoms with E-state index in [1.165, 1.54) is 19.5 Å². The summed E-state index contributed by atoms with van der Waals surface area (Å²) in [6, 6.07) is 13.0. The van der Waals surface area contributed by atoms with Crippen LogP contribution >= 0.6 is 0 Å². The molecule has 1 N–H and O–H groups in total. The van der Waals surface area contributed by atoms with Gasteiger partial charge in [-0.25, -0.2) is 4.98 Å². The molecule has 1 heterocycles. The molecule has 3 aromatic rings. The number of carbonyl (C=O) groups is 1. The minimum absolute atomic E-state index is 0.0660. The Balaban J connectivity index is 1.78. The smallest absolute Gasteiger partial charge is 0.416 e. The van der Waals surface area contributed by atoms with Gasteiger partial charge in [-0.05, 0) is 18.2 Å². The molecule has 0 aliphatic heterocycles. The molecular weight excluding hydrogens is 387 g/mol. The largest absolute Gasteiger partial charge is 0.495 e. The Bertz CT molecular complexity index is 1080. The van der Waals surface area contributed by atoms with Crippen molar-refractivity contribution in [3.05, 3.63) is 76.8 Å². The molecular formula is C20H16F3N3O3. The first kappa shape index (κ1) is 20.1. The summed E-state index contributed by atoms with van der Waals surface area (Å²) in [7, 11) is 1.27. The van der Waals surface area contributed by atoms with Crippen molar-refractivity contribution in [2.75, 3.05) is 12.4 Å². The Kier molecular flexibility index (Phi) is 5.67. The first-order valence-corrected chi connectivity index (χ1v) is 8.45. The average molecular weight is 403 g/mol. The van der Waals surface area contributed by atoms with E-state index in [2.05, 4.69) is 10.3 Å². The maximum Gasteiger partial charge on any atom is 0.416 e. The molecule has 2 aromatic carbocycles. The molecule has 6 nitrogen and oxygen atoms in total.